The number of halogens is 1. The molecule has 0 unspecified atom stereocenters. The highest BCUT2D eigenvalue weighted by Crippen LogP contribution is 2.40. The van der Waals surface area contributed by atoms with Crippen molar-refractivity contribution in [3.05, 3.63) is 56.0 Å². The van der Waals surface area contributed by atoms with Crippen molar-refractivity contribution in [2.45, 2.75) is 13.5 Å². The Morgan fingerprint density at radius 3 is 2.85 bits per heavy atom. The van der Waals surface area contributed by atoms with Crippen molar-refractivity contribution < 1.29 is 14.3 Å². The third-order valence-electron chi connectivity index (χ3n) is 4.52. The summed E-state index contributed by atoms with van der Waals surface area (Å²) in [5, 5.41) is 1.06. The highest BCUT2D eigenvalue weighted by Gasteiger charge is 2.25. The van der Waals surface area contributed by atoms with E-state index in [2.05, 4.69) is 34.7 Å². The standard InChI is InChI=1S/C20H16INO3S/c1-3-25-20(24)18-16(21)15-6-4-5-13(17(15)26-18)11-7-8-14-12(9-11)10-22(2)19(14)23/h4-9H,3,10H2,1-2H3. The summed E-state index contributed by atoms with van der Waals surface area (Å²) in [7, 11) is 1.82. The third kappa shape index (κ3) is 2.72. The maximum absolute atomic E-state index is 12.2. The van der Waals surface area contributed by atoms with Gasteiger partial charge in [0.2, 0.25) is 0 Å². The van der Waals surface area contributed by atoms with Crippen LogP contribution < -0.4 is 0 Å². The Morgan fingerprint density at radius 2 is 2.08 bits per heavy atom. The maximum Gasteiger partial charge on any atom is 0.349 e. The van der Waals surface area contributed by atoms with E-state index in [9.17, 15) is 9.59 Å². The average molecular weight is 477 g/mol. The van der Waals surface area contributed by atoms with Gasteiger partial charge in [0.15, 0.2) is 0 Å². The Kier molecular flexibility index (Phi) is 4.48. The number of fused-ring (bicyclic) bond motifs is 2. The highest BCUT2D eigenvalue weighted by molar-refractivity contribution is 14.1. The monoisotopic (exact) mass is 477 g/mol. The molecule has 4 nitrogen and oxygen atoms in total. The zero-order valence-corrected chi connectivity index (χ0v) is 17.3. The van der Waals surface area contributed by atoms with Gasteiger partial charge in [-0.15, -0.1) is 11.3 Å². The minimum Gasteiger partial charge on any atom is -0.462 e. The van der Waals surface area contributed by atoms with Crippen molar-refractivity contribution in [1.29, 1.82) is 0 Å². The van der Waals surface area contributed by atoms with Gasteiger partial charge in [0.05, 0.1) is 6.61 Å². The molecule has 4 rings (SSSR count). The number of amides is 1. The lowest BCUT2D eigenvalue weighted by Gasteiger charge is -2.06. The van der Waals surface area contributed by atoms with Gasteiger partial charge in [0.25, 0.3) is 5.91 Å². The number of ether oxygens (including phenoxy) is 1. The van der Waals surface area contributed by atoms with E-state index in [1.165, 1.54) is 11.3 Å². The van der Waals surface area contributed by atoms with Crippen molar-refractivity contribution in [2.75, 3.05) is 13.7 Å². The van der Waals surface area contributed by atoms with Gasteiger partial charge in [-0.2, -0.15) is 0 Å². The van der Waals surface area contributed by atoms with Gasteiger partial charge in [-0.3, -0.25) is 4.79 Å². The summed E-state index contributed by atoms with van der Waals surface area (Å²) in [5.41, 5.74) is 3.96. The SMILES string of the molecule is CCOC(=O)c1sc2c(-c3ccc4c(c3)CN(C)C4=O)cccc2c1I. The van der Waals surface area contributed by atoms with Gasteiger partial charge >= 0.3 is 5.97 Å². The van der Waals surface area contributed by atoms with Crippen LogP contribution in [0.25, 0.3) is 21.2 Å². The Bertz CT molecular complexity index is 1060. The first-order valence-electron chi connectivity index (χ1n) is 8.28. The van der Waals surface area contributed by atoms with Crippen LogP contribution in [0.5, 0.6) is 0 Å². The number of rotatable bonds is 3. The molecule has 0 bridgehead atoms. The average Bonchev–Trinajstić information content (AvgIpc) is 3.12. The lowest BCUT2D eigenvalue weighted by molar-refractivity contribution is 0.0531. The molecule has 3 aromatic rings. The van der Waals surface area contributed by atoms with Gasteiger partial charge < -0.3 is 9.64 Å². The minimum atomic E-state index is -0.273. The smallest absolute Gasteiger partial charge is 0.349 e. The molecule has 0 radical (unpaired) electrons. The largest absolute Gasteiger partial charge is 0.462 e. The molecule has 1 amide bonds. The second kappa shape index (κ2) is 6.66. The normalized spacial score (nSPS) is 13.3. The number of carbonyl (C=O) groups is 2. The van der Waals surface area contributed by atoms with E-state index < -0.39 is 0 Å². The molecule has 1 aromatic heterocycles. The van der Waals surface area contributed by atoms with E-state index in [-0.39, 0.29) is 11.9 Å². The molecule has 1 aliphatic rings. The lowest BCUT2D eigenvalue weighted by Crippen LogP contribution is -2.17. The molecule has 0 saturated carbocycles. The van der Waals surface area contributed by atoms with Crippen molar-refractivity contribution in [3.8, 4) is 11.1 Å². The molecule has 2 aromatic carbocycles. The van der Waals surface area contributed by atoms with Crippen LogP contribution in [0, 0.1) is 3.57 Å². The van der Waals surface area contributed by atoms with E-state index in [0.29, 0.717) is 18.0 Å². The number of hydrogen-bond donors (Lipinski definition) is 0. The summed E-state index contributed by atoms with van der Waals surface area (Å²) < 4.78 is 7.19. The number of carbonyl (C=O) groups excluding carboxylic acids is 2. The van der Waals surface area contributed by atoms with Gasteiger partial charge in [-0.25, -0.2) is 4.79 Å². The van der Waals surface area contributed by atoms with Crippen LogP contribution in [-0.4, -0.2) is 30.4 Å². The quantitative estimate of drug-likeness (QED) is 0.397. The van der Waals surface area contributed by atoms with Gasteiger partial charge in [0.1, 0.15) is 4.88 Å². The Hall–Kier alpha value is -1.93. The molecule has 0 spiro atoms. The van der Waals surface area contributed by atoms with Gasteiger partial charge in [-0.1, -0.05) is 24.3 Å². The predicted molar refractivity (Wildman–Crippen MR) is 112 cm³/mol. The molecular weight excluding hydrogens is 461 g/mol. The zero-order valence-electron chi connectivity index (χ0n) is 14.3. The molecule has 6 heteroatoms. The van der Waals surface area contributed by atoms with Crippen LogP contribution in [0.3, 0.4) is 0 Å². The number of thiophene rings is 1. The summed E-state index contributed by atoms with van der Waals surface area (Å²) in [4.78, 5) is 26.7. The topological polar surface area (TPSA) is 46.6 Å². The van der Waals surface area contributed by atoms with Crippen molar-refractivity contribution in [1.82, 2.24) is 4.90 Å². The molecule has 0 fully saturated rings. The third-order valence-corrected chi connectivity index (χ3v) is 7.22. The van der Waals surface area contributed by atoms with E-state index in [1.54, 1.807) is 4.90 Å². The van der Waals surface area contributed by atoms with Crippen molar-refractivity contribution in [3.63, 3.8) is 0 Å². The molecule has 0 saturated heterocycles. The van der Waals surface area contributed by atoms with Crippen molar-refractivity contribution >= 4 is 55.9 Å². The van der Waals surface area contributed by atoms with Crippen LogP contribution in [0.4, 0.5) is 0 Å². The molecule has 2 heterocycles. The summed E-state index contributed by atoms with van der Waals surface area (Å²) >= 11 is 3.69. The van der Waals surface area contributed by atoms with E-state index >= 15 is 0 Å². The first-order valence-corrected chi connectivity index (χ1v) is 10.2. The predicted octanol–water partition coefficient (Wildman–Crippen LogP) is 4.94. The number of esters is 1. The van der Waals surface area contributed by atoms with Crippen LogP contribution in [-0.2, 0) is 11.3 Å². The number of hydrogen-bond acceptors (Lipinski definition) is 4. The summed E-state index contributed by atoms with van der Waals surface area (Å²) in [5.74, 6) is -0.203. The zero-order chi connectivity index (χ0) is 18.4. The Labute approximate surface area is 168 Å². The van der Waals surface area contributed by atoms with Crippen LogP contribution in [0.15, 0.2) is 36.4 Å². The molecule has 0 N–H and O–H groups in total. The second-order valence-electron chi connectivity index (χ2n) is 6.18. The number of nitrogens with zero attached hydrogens (tertiary/aromatic N) is 1. The summed E-state index contributed by atoms with van der Waals surface area (Å²) in [6.45, 7) is 2.81. The summed E-state index contributed by atoms with van der Waals surface area (Å²) in [6.07, 6.45) is 0. The molecule has 132 valence electrons. The fraction of sp³-hybridized carbons (Fsp3) is 0.200. The van der Waals surface area contributed by atoms with E-state index in [4.69, 9.17) is 4.74 Å². The van der Waals surface area contributed by atoms with E-state index in [0.717, 1.165) is 35.9 Å². The fourth-order valence-corrected chi connectivity index (χ4v) is 5.58. The molecular formula is C20H16INO3S. The molecule has 0 atom stereocenters. The van der Waals surface area contributed by atoms with Gasteiger partial charge in [0, 0.05) is 32.8 Å². The Balaban J connectivity index is 1.86. The first kappa shape index (κ1) is 17.5. The van der Waals surface area contributed by atoms with E-state index in [1.807, 2.05) is 38.2 Å². The van der Waals surface area contributed by atoms with Crippen LogP contribution >= 0.6 is 33.9 Å². The van der Waals surface area contributed by atoms with Gasteiger partial charge in [-0.05, 0) is 58.3 Å². The highest BCUT2D eigenvalue weighted by atomic mass is 127. The second-order valence-corrected chi connectivity index (χ2v) is 8.28. The van der Waals surface area contributed by atoms with Crippen LogP contribution in [0.2, 0.25) is 0 Å². The molecule has 0 aliphatic carbocycles. The van der Waals surface area contributed by atoms with Crippen molar-refractivity contribution in [2.24, 2.45) is 0 Å². The fourth-order valence-electron chi connectivity index (χ4n) is 3.28. The molecule has 1 aliphatic heterocycles. The first-order chi connectivity index (χ1) is 12.5. The maximum atomic E-state index is 12.2. The number of benzene rings is 2. The summed E-state index contributed by atoms with van der Waals surface area (Å²) in [6, 6.07) is 12.1. The molecule has 26 heavy (non-hydrogen) atoms. The minimum absolute atomic E-state index is 0.0695. The lowest BCUT2D eigenvalue weighted by atomic mass is 9.99. The van der Waals surface area contributed by atoms with Crippen LogP contribution in [0.1, 0.15) is 32.5 Å². The Morgan fingerprint density at radius 1 is 1.27 bits per heavy atom.